The van der Waals surface area contributed by atoms with Crippen LogP contribution in [0, 0.1) is 18.6 Å². The minimum absolute atomic E-state index is 0.244. The molecule has 1 heterocycles. The van der Waals surface area contributed by atoms with Crippen LogP contribution in [0.4, 0.5) is 26.0 Å². The lowest BCUT2D eigenvalue weighted by Gasteiger charge is -2.09. The lowest BCUT2D eigenvalue weighted by Crippen LogP contribution is -2.14. The summed E-state index contributed by atoms with van der Waals surface area (Å²) in [5, 5.41) is 5.63. The zero-order valence-corrected chi connectivity index (χ0v) is 13.4. The Morgan fingerprint density at radius 3 is 2.40 bits per heavy atom. The van der Waals surface area contributed by atoms with Crippen LogP contribution < -0.4 is 10.6 Å². The van der Waals surface area contributed by atoms with Gasteiger partial charge in [0, 0.05) is 17.3 Å². The first-order valence-electron chi connectivity index (χ1n) is 7.58. The lowest BCUT2D eigenvalue weighted by atomic mass is 10.1. The molecule has 6 heteroatoms. The van der Waals surface area contributed by atoms with E-state index in [0.29, 0.717) is 22.8 Å². The summed E-state index contributed by atoms with van der Waals surface area (Å²) in [5.74, 6) is -1.69. The van der Waals surface area contributed by atoms with Crippen molar-refractivity contribution < 1.29 is 13.6 Å². The van der Waals surface area contributed by atoms with Gasteiger partial charge in [0.2, 0.25) is 0 Å². The van der Waals surface area contributed by atoms with Crippen molar-refractivity contribution in [3.05, 3.63) is 83.6 Å². The van der Waals surface area contributed by atoms with Gasteiger partial charge in [0.25, 0.3) is 5.91 Å². The Bertz CT molecular complexity index is 911. The van der Waals surface area contributed by atoms with Gasteiger partial charge in [0.1, 0.15) is 5.82 Å². The largest absolute Gasteiger partial charge is 0.354 e. The third-order valence-electron chi connectivity index (χ3n) is 3.60. The molecule has 2 aromatic carbocycles. The molecule has 0 atom stereocenters. The molecule has 0 saturated heterocycles. The third-order valence-corrected chi connectivity index (χ3v) is 3.60. The van der Waals surface area contributed by atoms with Crippen LogP contribution in [-0.4, -0.2) is 10.9 Å². The molecule has 126 valence electrons. The molecule has 1 amide bonds. The number of benzene rings is 2. The Labute approximate surface area is 143 Å². The van der Waals surface area contributed by atoms with Crippen LogP contribution in [-0.2, 0) is 0 Å². The van der Waals surface area contributed by atoms with Crippen molar-refractivity contribution in [2.75, 3.05) is 10.6 Å². The average molecular weight is 339 g/mol. The van der Waals surface area contributed by atoms with Crippen molar-refractivity contribution in [1.29, 1.82) is 0 Å². The van der Waals surface area contributed by atoms with Gasteiger partial charge in [-0.25, -0.2) is 13.8 Å². The van der Waals surface area contributed by atoms with Crippen molar-refractivity contribution in [3.8, 4) is 0 Å². The zero-order valence-electron chi connectivity index (χ0n) is 13.4. The maximum absolute atomic E-state index is 13.2. The Morgan fingerprint density at radius 2 is 1.72 bits per heavy atom. The maximum Gasteiger partial charge on any atom is 0.257 e. The monoisotopic (exact) mass is 339 g/mol. The van der Waals surface area contributed by atoms with Crippen LogP contribution >= 0.6 is 0 Å². The van der Waals surface area contributed by atoms with E-state index in [4.69, 9.17) is 0 Å². The van der Waals surface area contributed by atoms with Crippen LogP contribution in [0.25, 0.3) is 0 Å². The smallest absolute Gasteiger partial charge is 0.257 e. The van der Waals surface area contributed by atoms with Gasteiger partial charge in [0.05, 0.1) is 11.9 Å². The molecule has 0 aliphatic carbocycles. The predicted octanol–water partition coefficient (Wildman–Crippen LogP) is 4.66. The van der Waals surface area contributed by atoms with E-state index >= 15 is 0 Å². The summed E-state index contributed by atoms with van der Waals surface area (Å²) in [7, 11) is 0. The number of hydrogen-bond donors (Lipinski definition) is 2. The fourth-order valence-corrected chi connectivity index (χ4v) is 2.29. The third kappa shape index (κ3) is 3.98. The van der Waals surface area contributed by atoms with Gasteiger partial charge in [-0.1, -0.05) is 18.2 Å². The van der Waals surface area contributed by atoms with E-state index in [1.807, 2.05) is 19.1 Å². The molecule has 3 aromatic rings. The summed E-state index contributed by atoms with van der Waals surface area (Å²) in [5.41, 5.74) is 2.43. The second-order valence-electron chi connectivity index (χ2n) is 5.46. The Balaban J connectivity index is 1.69. The molecule has 3 rings (SSSR count). The number of amides is 1. The van der Waals surface area contributed by atoms with Gasteiger partial charge in [-0.05, 0) is 42.8 Å². The van der Waals surface area contributed by atoms with Gasteiger partial charge in [-0.3, -0.25) is 4.79 Å². The summed E-state index contributed by atoms with van der Waals surface area (Å²) in [6.45, 7) is 1.86. The first-order valence-corrected chi connectivity index (χ1v) is 7.58. The number of nitrogens with zero attached hydrogens (tertiary/aromatic N) is 1. The van der Waals surface area contributed by atoms with Gasteiger partial charge >= 0.3 is 0 Å². The second-order valence-corrected chi connectivity index (χ2v) is 5.46. The fraction of sp³-hybridized carbons (Fsp3) is 0.0526. The minimum Gasteiger partial charge on any atom is -0.354 e. The van der Waals surface area contributed by atoms with E-state index in [2.05, 4.69) is 15.6 Å². The SMILES string of the molecule is Cc1ccccc1C(=O)Nc1ccc(Nc2ccc(F)c(F)c2)cn1. The van der Waals surface area contributed by atoms with Gasteiger partial charge in [-0.15, -0.1) is 0 Å². The molecule has 0 aliphatic heterocycles. The topological polar surface area (TPSA) is 54.0 Å². The lowest BCUT2D eigenvalue weighted by molar-refractivity contribution is 0.102. The van der Waals surface area contributed by atoms with E-state index in [1.54, 1.807) is 24.3 Å². The highest BCUT2D eigenvalue weighted by molar-refractivity contribution is 6.04. The number of carbonyl (C=O) groups is 1. The number of carbonyl (C=O) groups excluding carboxylic acids is 1. The van der Waals surface area contributed by atoms with Crippen molar-refractivity contribution in [2.45, 2.75) is 6.92 Å². The van der Waals surface area contributed by atoms with Crippen LogP contribution in [0.2, 0.25) is 0 Å². The van der Waals surface area contributed by atoms with E-state index in [9.17, 15) is 13.6 Å². The first kappa shape index (κ1) is 16.6. The fourth-order valence-electron chi connectivity index (χ4n) is 2.29. The highest BCUT2D eigenvalue weighted by Gasteiger charge is 2.09. The molecule has 0 bridgehead atoms. The number of anilines is 3. The van der Waals surface area contributed by atoms with Crippen LogP contribution in [0.15, 0.2) is 60.8 Å². The van der Waals surface area contributed by atoms with Crippen molar-refractivity contribution in [3.63, 3.8) is 0 Å². The molecule has 0 radical (unpaired) electrons. The van der Waals surface area contributed by atoms with Crippen LogP contribution in [0.3, 0.4) is 0 Å². The second kappa shape index (κ2) is 7.09. The van der Waals surface area contributed by atoms with E-state index in [1.165, 1.54) is 12.3 Å². The number of halogens is 2. The zero-order chi connectivity index (χ0) is 17.8. The molecule has 0 fully saturated rings. The van der Waals surface area contributed by atoms with E-state index in [0.717, 1.165) is 17.7 Å². The van der Waals surface area contributed by atoms with Crippen LogP contribution in [0.5, 0.6) is 0 Å². The van der Waals surface area contributed by atoms with Crippen molar-refractivity contribution in [2.24, 2.45) is 0 Å². The molecule has 0 spiro atoms. The summed E-state index contributed by atoms with van der Waals surface area (Å²) in [4.78, 5) is 16.4. The Hall–Kier alpha value is -3.28. The highest BCUT2D eigenvalue weighted by Crippen LogP contribution is 2.19. The minimum atomic E-state index is -0.930. The number of aryl methyl sites for hydroxylation is 1. The number of pyridine rings is 1. The first-order chi connectivity index (χ1) is 12.0. The normalized spacial score (nSPS) is 10.4. The van der Waals surface area contributed by atoms with Gasteiger partial charge in [0.15, 0.2) is 11.6 Å². The molecule has 0 aliphatic rings. The summed E-state index contributed by atoms with van der Waals surface area (Å²) >= 11 is 0. The highest BCUT2D eigenvalue weighted by atomic mass is 19.2. The quantitative estimate of drug-likeness (QED) is 0.727. The predicted molar refractivity (Wildman–Crippen MR) is 93.0 cm³/mol. The van der Waals surface area contributed by atoms with Gasteiger partial charge < -0.3 is 10.6 Å². The number of hydrogen-bond acceptors (Lipinski definition) is 3. The molecule has 0 saturated carbocycles. The van der Waals surface area contributed by atoms with Gasteiger partial charge in [-0.2, -0.15) is 0 Å². The number of nitrogens with one attached hydrogen (secondary N) is 2. The standard InChI is InChI=1S/C19H15F2N3O/c1-12-4-2-3-5-15(12)19(25)24-18-9-7-14(11-22-18)23-13-6-8-16(20)17(21)10-13/h2-11,23H,1H3,(H,22,24,25). The number of rotatable bonds is 4. The molecule has 0 unspecified atom stereocenters. The maximum atomic E-state index is 13.2. The molecule has 1 aromatic heterocycles. The summed E-state index contributed by atoms with van der Waals surface area (Å²) in [6, 6.07) is 14.1. The molecular formula is C19H15F2N3O. The molecule has 2 N–H and O–H groups in total. The van der Waals surface area contributed by atoms with E-state index < -0.39 is 11.6 Å². The number of aromatic nitrogens is 1. The molecule has 25 heavy (non-hydrogen) atoms. The summed E-state index contributed by atoms with van der Waals surface area (Å²) in [6.07, 6.45) is 1.49. The van der Waals surface area contributed by atoms with Crippen LogP contribution in [0.1, 0.15) is 15.9 Å². The average Bonchev–Trinajstić information content (AvgIpc) is 2.60. The molecular weight excluding hydrogens is 324 g/mol. The van der Waals surface area contributed by atoms with Crippen molar-refractivity contribution in [1.82, 2.24) is 4.98 Å². The summed E-state index contributed by atoms with van der Waals surface area (Å²) < 4.78 is 26.1. The Morgan fingerprint density at radius 1 is 0.960 bits per heavy atom. The van der Waals surface area contributed by atoms with E-state index in [-0.39, 0.29) is 5.91 Å². The van der Waals surface area contributed by atoms with Crippen molar-refractivity contribution >= 4 is 23.1 Å². The Kier molecular flexibility index (Phi) is 4.70. The molecule has 4 nitrogen and oxygen atoms in total.